The molecule has 0 unspecified atom stereocenters. The van der Waals surface area contributed by atoms with Crippen LogP contribution in [0.3, 0.4) is 0 Å². The molecule has 148 valence electrons. The van der Waals surface area contributed by atoms with Gasteiger partial charge in [0.05, 0.1) is 18.1 Å². The molecule has 4 aromatic rings. The average molecular weight is 416 g/mol. The number of nitrogens with one attached hydrogen (secondary N) is 3. The number of nitrogens with zero attached hydrogens (tertiary/aromatic N) is 2. The quantitative estimate of drug-likeness (QED) is 0.447. The first-order valence-corrected chi connectivity index (χ1v) is 9.75. The van der Waals surface area contributed by atoms with Gasteiger partial charge in [-0.05, 0) is 17.7 Å². The summed E-state index contributed by atoms with van der Waals surface area (Å²) in [5.41, 5.74) is 1.36. The largest absolute Gasteiger partial charge is 0.424 e. The van der Waals surface area contributed by atoms with E-state index in [1.807, 2.05) is 35.7 Å². The van der Waals surface area contributed by atoms with Crippen LogP contribution in [0.15, 0.2) is 60.4 Å². The van der Waals surface area contributed by atoms with Crippen LogP contribution in [0.1, 0.15) is 5.56 Å². The maximum atomic E-state index is 13.1. The Hall–Kier alpha value is -3.20. The van der Waals surface area contributed by atoms with Gasteiger partial charge < -0.3 is 5.32 Å². The van der Waals surface area contributed by atoms with Gasteiger partial charge >= 0.3 is 6.18 Å². The number of alkyl halides is 3. The third-order valence-corrected chi connectivity index (χ3v) is 5.22. The van der Waals surface area contributed by atoms with E-state index in [4.69, 9.17) is 0 Å². The summed E-state index contributed by atoms with van der Waals surface area (Å²) in [5.74, 6) is 0.597. The highest BCUT2D eigenvalue weighted by Gasteiger charge is 2.36. The van der Waals surface area contributed by atoms with E-state index < -0.39 is 11.7 Å². The first-order valence-electron chi connectivity index (χ1n) is 8.87. The molecule has 0 aliphatic carbocycles. The molecule has 0 bridgehead atoms. The molecule has 5 nitrogen and oxygen atoms in total. The molecule has 0 saturated heterocycles. The minimum atomic E-state index is -4.42. The second kappa shape index (κ2) is 8.04. The Bertz CT molecular complexity index is 1110. The number of halogens is 3. The molecule has 0 atom stereocenters. The van der Waals surface area contributed by atoms with Gasteiger partial charge in [0.25, 0.3) is 5.82 Å². The molecular weight excluding hydrogens is 399 g/mol. The number of hydrogen-bond donors (Lipinski definition) is 2. The lowest BCUT2D eigenvalue weighted by Gasteiger charge is -2.10. The van der Waals surface area contributed by atoms with Crippen LogP contribution in [0.2, 0.25) is 0 Å². The standard InChI is InChI=1S/C20H16F3N5S/c21-20(22,23)15-7-4-8-24-17(15)25-9-10-26-18-16-14(13-5-2-1-3-6-13)11-29-19(16)28-12-27-18/h1-8,11-12H,9-10H2,(H,24,25)(H,26,27,28)/p+1. The molecule has 4 rings (SSSR count). The molecule has 9 heteroatoms. The van der Waals surface area contributed by atoms with Crippen LogP contribution in [0.4, 0.5) is 24.8 Å². The Morgan fingerprint density at radius 1 is 0.966 bits per heavy atom. The van der Waals surface area contributed by atoms with Crippen LogP contribution >= 0.6 is 11.3 Å². The summed E-state index contributed by atoms with van der Waals surface area (Å²) in [6.45, 7) is 0.663. The number of benzene rings is 1. The molecular formula is C20H17F3N5S+. The second-order valence-corrected chi connectivity index (χ2v) is 7.09. The lowest BCUT2D eigenvalue weighted by molar-refractivity contribution is -0.364. The van der Waals surface area contributed by atoms with E-state index in [-0.39, 0.29) is 12.4 Å². The molecule has 1 aromatic carbocycles. The van der Waals surface area contributed by atoms with Gasteiger partial charge in [0.15, 0.2) is 0 Å². The zero-order valence-electron chi connectivity index (χ0n) is 15.1. The van der Waals surface area contributed by atoms with E-state index in [1.54, 1.807) is 0 Å². The Morgan fingerprint density at radius 3 is 2.55 bits per heavy atom. The smallest absolute Gasteiger partial charge is 0.365 e. The number of fused-ring (bicyclic) bond motifs is 1. The Labute approximate surface area is 168 Å². The number of H-pyrrole nitrogens is 1. The fraction of sp³-hybridized carbons (Fsp3) is 0.150. The van der Waals surface area contributed by atoms with E-state index in [0.717, 1.165) is 27.4 Å². The van der Waals surface area contributed by atoms with Crippen molar-refractivity contribution in [1.29, 1.82) is 0 Å². The SMILES string of the molecule is FC(F)(F)c1ccc[nH+]c1NCCNc1ncnc2scc(-c3ccccc3)c12. The van der Waals surface area contributed by atoms with Gasteiger partial charge in [0.2, 0.25) is 0 Å². The number of thiophene rings is 1. The lowest BCUT2D eigenvalue weighted by atomic mass is 10.1. The first-order chi connectivity index (χ1) is 14.0. The fourth-order valence-corrected chi connectivity index (χ4v) is 3.94. The summed E-state index contributed by atoms with van der Waals surface area (Å²) in [7, 11) is 0. The summed E-state index contributed by atoms with van der Waals surface area (Å²) >= 11 is 1.53. The monoisotopic (exact) mass is 416 g/mol. The molecule has 0 saturated carbocycles. The van der Waals surface area contributed by atoms with Gasteiger partial charge in [-0.25, -0.2) is 15.0 Å². The van der Waals surface area contributed by atoms with Crippen LogP contribution in [-0.2, 0) is 6.18 Å². The zero-order valence-corrected chi connectivity index (χ0v) is 15.9. The van der Waals surface area contributed by atoms with Crippen LogP contribution in [0.5, 0.6) is 0 Å². The summed E-state index contributed by atoms with van der Waals surface area (Å²) in [4.78, 5) is 12.1. The summed E-state index contributed by atoms with van der Waals surface area (Å²) < 4.78 is 39.2. The lowest BCUT2D eigenvalue weighted by Crippen LogP contribution is -2.23. The van der Waals surface area contributed by atoms with Crippen molar-refractivity contribution in [2.45, 2.75) is 6.18 Å². The fourth-order valence-electron chi connectivity index (χ4n) is 3.03. The number of aromatic nitrogens is 3. The number of anilines is 2. The highest BCUT2D eigenvalue weighted by molar-refractivity contribution is 7.17. The zero-order chi connectivity index (χ0) is 20.3. The Kier molecular flexibility index (Phi) is 5.30. The van der Waals surface area contributed by atoms with Gasteiger partial charge in [-0.15, -0.1) is 11.3 Å². The average Bonchev–Trinajstić information content (AvgIpc) is 3.16. The maximum Gasteiger partial charge on any atom is 0.424 e. The van der Waals surface area contributed by atoms with Crippen molar-refractivity contribution in [1.82, 2.24) is 9.97 Å². The highest BCUT2D eigenvalue weighted by atomic mass is 32.1. The van der Waals surface area contributed by atoms with Gasteiger partial charge in [0.1, 0.15) is 29.1 Å². The summed E-state index contributed by atoms with van der Waals surface area (Å²) in [5, 5.41) is 8.95. The molecule has 0 amide bonds. The maximum absolute atomic E-state index is 13.1. The van der Waals surface area contributed by atoms with Crippen LogP contribution in [0.25, 0.3) is 21.3 Å². The normalized spacial score (nSPS) is 11.6. The molecule has 0 fully saturated rings. The van der Waals surface area contributed by atoms with Crippen molar-refractivity contribution >= 4 is 33.2 Å². The minimum Gasteiger partial charge on any atom is -0.365 e. The molecule has 0 aliphatic heterocycles. The Morgan fingerprint density at radius 2 is 1.76 bits per heavy atom. The van der Waals surface area contributed by atoms with E-state index >= 15 is 0 Å². The number of pyridine rings is 1. The third kappa shape index (κ3) is 4.14. The highest BCUT2D eigenvalue weighted by Crippen LogP contribution is 2.36. The van der Waals surface area contributed by atoms with Crippen molar-refractivity contribution in [2.75, 3.05) is 23.7 Å². The van der Waals surface area contributed by atoms with Crippen molar-refractivity contribution in [3.05, 3.63) is 65.9 Å². The Balaban J connectivity index is 1.50. The molecule has 3 heterocycles. The van der Waals surface area contributed by atoms with Crippen LogP contribution < -0.4 is 15.6 Å². The molecule has 0 aliphatic rings. The molecule has 0 spiro atoms. The second-order valence-electron chi connectivity index (χ2n) is 6.23. The van der Waals surface area contributed by atoms with Gasteiger partial charge in [-0.1, -0.05) is 30.3 Å². The van der Waals surface area contributed by atoms with Crippen LogP contribution in [-0.4, -0.2) is 23.1 Å². The predicted molar refractivity (Wildman–Crippen MR) is 108 cm³/mol. The topological polar surface area (TPSA) is 64.0 Å². The first kappa shape index (κ1) is 19.1. The molecule has 3 N–H and O–H groups in total. The number of rotatable bonds is 6. The van der Waals surface area contributed by atoms with Gasteiger partial charge in [-0.3, -0.25) is 5.32 Å². The van der Waals surface area contributed by atoms with Crippen LogP contribution in [0, 0.1) is 0 Å². The van der Waals surface area contributed by atoms with E-state index in [0.29, 0.717) is 12.4 Å². The van der Waals surface area contributed by atoms with E-state index in [1.165, 1.54) is 29.9 Å². The van der Waals surface area contributed by atoms with Crippen molar-refractivity contribution in [2.24, 2.45) is 0 Å². The van der Waals surface area contributed by atoms with Crippen molar-refractivity contribution in [3.63, 3.8) is 0 Å². The molecule has 29 heavy (non-hydrogen) atoms. The van der Waals surface area contributed by atoms with E-state index in [9.17, 15) is 13.2 Å². The third-order valence-electron chi connectivity index (χ3n) is 4.34. The summed E-state index contributed by atoms with van der Waals surface area (Å²) in [6.07, 6.45) is -1.49. The molecule has 0 radical (unpaired) electrons. The van der Waals surface area contributed by atoms with Gasteiger partial charge in [0, 0.05) is 10.9 Å². The summed E-state index contributed by atoms with van der Waals surface area (Å²) in [6, 6.07) is 12.3. The number of aromatic amines is 1. The predicted octanol–water partition coefficient (Wildman–Crippen LogP) is 4.72. The van der Waals surface area contributed by atoms with Crippen molar-refractivity contribution in [3.8, 4) is 11.1 Å². The minimum absolute atomic E-state index is 0.0601. The van der Waals surface area contributed by atoms with Gasteiger partial charge in [-0.2, -0.15) is 13.2 Å². The van der Waals surface area contributed by atoms with Crippen molar-refractivity contribution < 1.29 is 18.2 Å². The number of hydrogen-bond acceptors (Lipinski definition) is 5. The molecule has 3 aromatic heterocycles. The van der Waals surface area contributed by atoms with E-state index in [2.05, 4.69) is 25.6 Å².